The van der Waals surface area contributed by atoms with Crippen molar-refractivity contribution in [2.24, 2.45) is 5.92 Å². The quantitative estimate of drug-likeness (QED) is 0.757. The number of esters is 1. The maximum absolute atomic E-state index is 11.9. The minimum absolute atomic E-state index is 0.257. The van der Waals surface area contributed by atoms with Crippen LogP contribution >= 0.6 is 11.3 Å². The molecule has 90 valence electrons. The van der Waals surface area contributed by atoms with E-state index in [-0.39, 0.29) is 11.9 Å². The van der Waals surface area contributed by atoms with Crippen LogP contribution in [-0.4, -0.2) is 11.6 Å². The van der Waals surface area contributed by atoms with Crippen molar-refractivity contribution in [2.75, 3.05) is 0 Å². The Hall–Kier alpha value is -1.34. The first-order valence-electron chi connectivity index (χ1n) is 5.57. The minimum Gasteiger partial charge on any atom is -0.460 e. The molecule has 0 aliphatic heterocycles. The Balaban J connectivity index is 2.13. The average Bonchev–Trinajstić information content (AvgIpc) is 2.72. The zero-order chi connectivity index (χ0) is 12.7. The lowest BCUT2D eigenvalue weighted by atomic mass is 10.0. The average molecular weight is 249 g/mol. The number of nitrogens with zero attached hydrogens (tertiary/aromatic N) is 1. The molecule has 3 nitrogen and oxygen atoms in total. The highest BCUT2D eigenvalue weighted by atomic mass is 32.1. The van der Waals surface area contributed by atoms with E-state index < -0.39 is 11.0 Å². The third-order valence-electron chi connectivity index (χ3n) is 2.81. The van der Waals surface area contributed by atoms with Crippen LogP contribution in [0.15, 0.2) is 17.5 Å². The van der Waals surface area contributed by atoms with E-state index in [0.29, 0.717) is 6.42 Å². The molecule has 2 atom stereocenters. The van der Waals surface area contributed by atoms with Crippen molar-refractivity contribution in [3.05, 3.63) is 22.4 Å². The van der Waals surface area contributed by atoms with Crippen molar-refractivity contribution < 1.29 is 9.53 Å². The SMILES string of the molecule is CC(C)(C)OC(=O)C1CC1(C#N)c1cccs1. The van der Waals surface area contributed by atoms with Gasteiger partial charge in [-0.25, -0.2) is 0 Å². The van der Waals surface area contributed by atoms with Crippen molar-refractivity contribution in [2.45, 2.75) is 38.2 Å². The number of thiophene rings is 1. The van der Waals surface area contributed by atoms with Crippen molar-refractivity contribution in [3.63, 3.8) is 0 Å². The zero-order valence-electron chi connectivity index (χ0n) is 10.2. The first-order chi connectivity index (χ1) is 7.89. The van der Waals surface area contributed by atoms with Crippen LogP contribution in [0.25, 0.3) is 0 Å². The smallest absolute Gasteiger partial charge is 0.311 e. The van der Waals surface area contributed by atoms with Gasteiger partial charge in [-0.2, -0.15) is 5.26 Å². The highest BCUT2D eigenvalue weighted by Gasteiger charge is 2.62. The van der Waals surface area contributed by atoms with Crippen LogP contribution in [0.1, 0.15) is 32.1 Å². The van der Waals surface area contributed by atoms with Gasteiger partial charge in [0.2, 0.25) is 0 Å². The number of hydrogen-bond donors (Lipinski definition) is 0. The van der Waals surface area contributed by atoms with E-state index in [1.165, 1.54) is 11.3 Å². The molecule has 2 rings (SSSR count). The number of nitriles is 1. The lowest BCUT2D eigenvalue weighted by molar-refractivity contribution is -0.156. The first-order valence-corrected chi connectivity index (χ1v) is 6.45. The molecule has 0 spiro atoms. The highest BCUT2D eigenvalue weighted by molar-refractivity contribution is 7.10. The van der Waals surface area contributed by atoms with Gasteiger partial charge in [-0.15, -0.1) is 11.3 Å². The maximum Gasteiger partial charge on any atom is 0.311 e. The molecular weight excluding hydrogens is 234 g/mol. The van der Waals surface area contributed by atoms with Gasteiger partial charge >= 0.3 is 5.97 Å². The fourth-order valence-electron chi connectivity index (χ4n) is 1.90. The van der Waals surface area contributed by atoms with Crippen molar-refractivity contribution in [1.82, 2.24) is 0 Å². The first kappa shape index (κ1) is 12.1. The van der Waals surface area contributed by atoms with Crippen LogP contribution in [0, 0.1) is 17.2 Å². The molecule has 1 saturated carbocycles. The second-order valence-electron chi connectivity index (χ2n) is 5.35. The summed E-state index contributed by atoms with van der Waals surface area (Å²) >= 11 is 1.53. The van der Waals surface area contributed by atoms with Crippen molar-refractivity contribution in [1.29, 1.82) is 5.26 Å². The maximum atomic E-state index is 11.9. The summed E-state index contributed by atoms with van der Waals surface area (Å²) in [7, 11) is 0. The largest absolute Gasteiger partial charge is 0.460 e. The van der Waals surface area contributed by atoms with Crippen LogP contribution in [0.2, 0.25) is 0 Å². The van der Waals surface area contributed by atoms with Crippen LogP contribution in [-0.2, 0) is 14.9 Å². The summed E-state index contributed by atoms with van der Waals surface area (Å²) < 4.78 is 5.33. The standard InChI is InChI=1S/C13H15NO2S/c1-12(2,3)16-11(15)9-7-13(9,8-14)10-5-4-6-17-10/h4-6,9H,7H2,1-3H3. The van der Waals surface area contributed by atoms with Crippen molar-refractivity contribution >= 4 is 17.3 Å². The number of carbonyl (C=O) groups is 1. The van der Waals surface area contributed by atoms with E-state index in [4.69, 9.17) is 4.74 Å². The molecule has 0 radical (unpaired) electrons. The highest BCUT2D eigenvalue weighted by Crippen LogP contribution is 2.56. The van der Waals surface area contributed by atoms with E-state index in [2.05, 4.69) is 6.07 Å². The van der Waals surface area contributed by atoms with Gasteiger partial charge in [-0.1, -0.05) is 6.07 Å². The van der Waals surface area contributed by atoms with Gasteiger partial charge in [0.15, 0.2) is 0 Å². The van der Waals surface area contributed by atoms with E-state index in [1.54, 1.807) is 0 Å². The van der Waals surface area contributed by atoms with Gasteiger partial charge in [-0.3, -0.25) is 4.79 Å². The Morgan fingerprint density at radius 1 is 1.65 bits per heavy atom. The van der Waals surface area contributed by atoms with Crippen LogP contribution in [0.4, 0.5) is 0 Å². The molecule has 0 N–H and O–H groups in total. The predicted molar refractivity (Wildman–Crippen MR) is 65.6 cm³/mol. The Morgan fingerprint density at radius 2 is 2.35 bits per heavy atom. The van der Waals surface area contributed by atoms with Crippen LogP contribution < -0.4 is 0 Å². The molecule has 0 amide bonds. The number of rotatable bonds is 2. The topological polar surface area (TPSA) is 50.1 Å². The van der Waals surface area contributed by atoms with Crippen LogP contribution in [0.3, 0.4) is 0 Å². The fraction of sp³-hybridized carbons (Fsp3) is 0.538. The lowest BCUT2D eigenvalue weighted by Crippen LogP contribution is -2.26. The van der Waals surface area contributed by atoms with Crippen LogP contribution in [0.5, 0.6) is 0 Å². The second kappa shape index (κ2) is 3.85. The Morgan fingerprint density at radius 3 is 2.82 bits per heavy atom. The second-order valence-corrected chi connectivity index (χ2v) is 6.30. The van der Waals surface area contributed by atoms with E-state index >= 15 is 0 Å². The summed E-state index contributed by atoms with van der Waals surface area (Å²) in [6.07, 6.45) is 0.582. The predicted octanol–water partition coefficient (Wildman–Crippen LogP) is 2.87. The molecule has 0 bridgehead atoms. The third kappa shape index (κ3) is 2.20. The molecule has 0 saturated heterocycles. The molecule has 1 heterocycles. The molecule has 1 aliphatic rings. The van der Waals surface area contributed by atoms with Gasteiger partial charge in [0.25, 0.3) is 0 Å². The summed E-state index contributed by atoms with van der Waals surface area (Å²) in [4.78, 5) is 12.9. The molecular formula is C13H15NO2S. The van der Waals surface area contributed by atoms with Gasteiger partial charge in [0.1, 0.15) is 11.0 Å². The lowest BCUT2D eigenvalue weighted by Gasteiger charge is -2.20. The van der Waals surface area contributed by atoms with E-state index in [1.807, 2.05) is 38.3 Å². The van der Waals surface area contributed by atoms with Crippen molar-refractivity contribution in [3.8, 4) is 6.07 Å². The molecule has 2 unspecified atom stereocenters. The van der Waals surface area contributed by atoms with E-state index in [9.17, 15) is 10.1 Å². The molecule has 0 aromatic carbocycles. The summed E-state index contributed by atoms with van der Waals surface area (Å²) in [5, 5.41) is 11.2. The van der Waals surface area contributed by atoms with Gasteiger partial charge < -0.3 is 4.74 Å². The van der Waals surface area contributed by atoms with E-state index in [0.717, 1.165) is 4.88 Å². The third-order valence-corrected chi connectivity index (χ3v) is 3.86. The summed E-state index contributed by atoms with van der Waals surface area (Å²) in [5.74, 6) is -0.558. The monoisotopic (exact) mass is 249 g/mol. The minimum atomic E-state index is -0.628. The summed E-state index contributed by atoms with van der Waals surface area (Å²) in [5.41, 5.74) is -1.12. The summed E-state index contributed by atoms with van der Waals surface area (Å²) in [6.45, 7) is 5.52. The molecule has 1 aromatic rings. The van der Waals surface area contributed by atoms with Gasteiger partial charge in [0, 0.05) is 4.88 Å². The number of hydrogen-bond acceptors (Lipinski definition) is 4. The Kier molecular flexibility index (Phi) is 2.75. The normalized spacial score (nSPS) is 27.3. The fourth-order valence-corrected chi connectivity index (χ4v) is 2.85. The Labute approximate surface area is 105 Å². The number of carbonyl (C=O) groups excluding carboxylic acids is 1. The Bertz CT molecular complexity index is 467. The van der Waals surface area contributed by atoms with Gasteiger partial charge in [-0.05, 0) is 38.6 Å². The molecule has 4 heteroatoms. The van der Waals surface area contributed by atoms with Gasteiger partial charge in [0.05, 0.1) is 12.0 Å². The molecule has 1 aromatic heterocycles. The zero-order valence-corrected chi connectivity index (χ0v) is 11.0. The molecule has 1 aliphatic carbocycles. The summed E-state index contributed by atoms with van der Waals surface area (Å²) in [6, 6.07) is 6.10. The number of ether oxygens (including phenoxy) is 1. The molecule has 1 fully saturated rings. The molecule has 17 heavy (non-hydrogen) atoms.